The SMILES string of the molecule is C=CC(C)N(P(=O)(O)O)P(=O)(O)O. The summed E-state index contributed by atoms with van der Waals surface area (Å²) in [6.45, 7) is 4.39. The molecule has 0 saturated carbocycles. The van der Waals surface area contributed by atoms with Crippen molar-refractivity contribution in [2.24, 2.45) is 0 Å². The molecule has 0 saturated heterocycles. The van der Waals surface area contributed by atoms with Crippen molar-refractivity contribution in [3.05, 3.63) is 12.7 Å². The van der Waals surface area contributed by atoms with Gasteiger partial charge in [-0.1, -0.05) is 6.08 Å². The monoisotopic (exact) mass is 231 g/mol. The lowest BCUT2D eigenvalue weighted by Crippen LogP contribution is -2.25. The van der Waals surface area contributed by atoms with Gasteiger partial charge in [0.1, 0.15) is 0 Å². The largest absolute Gasteiger partial charge is 0.413 e. The fraction of sp³-hybridized carbons (Fsp3) is 0.500. The van der Waals surface area contributed by atoms with Crippen LogP contribution in [0.1, 0.15) is 6.92 Å². The number of hydrogen-bond donors (Lipinski definition) is 4. The molecule has 0 aliphatic heterocycles. The Kier molecular flexibility index (Phi) is 4.02. The van der Waals surface area contributed by atoms with Gasteiger partial charge in [-0.3, -0.25) is 0 Å². The summed E-state index contributed by atoms with van der Waals surface area (Å²) >= 11 is 0. The van der Waals surface area contributed by atoms with Crippen molar-refractivity contribution >= 4 is 15.5 Å². The zero-order valence-corrected chi connectivity index (χ0v) is 8.60. The Morgan fingerprint density at radius 1 is 1.23 bits per heavy atom. The Balaban J connectivity index is 5.12. The molecule has 9 heteroatoms. The fourth-order valence-corrected chi connectivity index (χ4v) is 3.07. The van der Waals surface area contributed by atoms with E-state index in [-0.39, 0.29) is 4.44 Å². The predicted molar refractivity (Wildman–Crippen MR) is 45.6 cm³/mol. The molecule has 0 aromatic heterocycles. The van der Waals surface area contributed by atoms with E-state index in [1.807, 2.05) is 0 Å². The second-order valence-corrected chi connectivity index (χ2v) is 5.55. The molecular weight excluding hydrogens is 220 g/mol. The van der Waals surface area contributed by atoms with Crippen molar-refractivity contribution in [1.82, 2.24) is 4.44 Å². The molecule has 0 bridgehead atoms. The first-order valence-electron chi connectivity index (χ1n) is 3.14. The van der Waals surface area contributed by atoms with Gasteiger partial charge in [0, 0.05) is 6.04 Å². The highest BCUT2D eigenvalue weighted by atomic mass is 31.3. The first kappa shape index (κ1) is 13.0. The predicted octanol–water partition coefficient (Wildman–Crippen LogP) is 0.0483. The van der Waals surface area contributed by atoms with E-state index in [4.69, 9.17) is 19.6 Å². The van der Waals surface area contributed by atoms with Crippen LogP contribution in [0.4, 0.5) is 0 Å². The zero-order valence-electron chi connectivity index (χ0n) is 6.81. The van der Waals surface area contributed by atoms with Crippen molar-refractivity contribution in [3.63, 3.8) is 0 Å². The van der Waals surface area contributed by atoms with Crippen LogP contribution < -0.4 is 0 Å². The van der Waals surface area contributed by atoms with Crippen LogP contribution >= 0.6 is 15.5 Å². The van der Waals surface area contributed by atoms with Gasteiger partial charge >= 0.3 is 15.5 Å². The van der Waals surface area contributed by atoms with Gasteiger partial charge in [-0.05, 0) is 6.92 Å². The molecule has 0 heterocycles. The van der Waals surface area contributed by atoms with Gasteiger partial charge in [-0.2, -0.15) is 0 Å². The molecule has 0 aliphatic rings. The van der Waals surface area contributed by atoms with Crippen molar-refractivity contribution in [1.29, 1.82) is 0 Å². The first-order valence-corrected chi connectivity index (χ1v) is 6.27. The van der Waals surface area contributed by atoms with Crippen LogP contribution in [0.5, 0.6) is 0 Å². The minimum atomic E-state index is -4.97. The Labute approximate surface area is 75.1 Å². The Bertz CT molecular complexity index is 256. The van der Waals surface area contributed by atoms with E-state index in [2.05, 4.69) is 6.58 Å². The normalized spacial score (nSPS) is 15.8. The molecule has 1 atom stereocenters. The molecule has 4 N–H and O–H groups in total. The molecule has 1 unspecified atom stereocenters. The summed E-state index contributed by atoms with van der Waals surface area (Å²) < 4.78 is 21.1. The smallest absolute Gasteiger partial charge is 0.312 e. The van der Waals surface area contributed by atoms with E-state index in [9.17, 15) is 9.13 Å². The number of hydrogen-bond acceptors (Lipinski definition) is 2. The number of nitrogens with zero attached hydrogens (tertiary/aromatic N) is 1. The summed E-state index contributed by atoms with van der Waals surface area (Å²) in [6.07, 6.45) is 1.03. The van der Waals surface area contributed by atoms with Crippen LogP contribution in [-0.2, 0) is 9.13 Å². The van der Waals surface area contributed by atoms with Crippen LogP contribution in [0.25, 0.3) is 0 Å². The standard InChI is InChI=1S/C4H11NO6P2/c1-3-4(2)5(12(6,7)8)13(9,10)11/h3-4H,1H2,2H3,(H2,6,7,8)(H2,9,10,11). The third kappa shape index (κ3) is 3.70. The highest BCUT2D eigenvalue weighted by Gasteiger charge is 2.42. The maximum absolute atomic E-state index is 10.7. The average molecular weight is 231 g/mol. The van der Waals surface area contributed by atoms with Gasteiger partial charge in [-0.15, -0.1) is 11.0 Å². The summed E-state index contributed by atoms with van der Waals surface area (Å²) in [6, 6.07) is -1.11. The quantitative estimate of drug-likeness (QED) is 0.398. The summed E-state index contributed by atoms with van der Waals surface area (Å²) in [5, 5.41) is 0. The van der Waals surface area contributed by atoms with Gasteiger partial charge in [0.15, 0.2) is 0 Å². The molecule has 0 aromatic carbocycles. The Morgan fingerprint density at radius 3 is 1.62 bits per heavy atom. The average Bonchev–Trinajstić information content (AvgIpc) is 1.80. The molecule has 0 aliphatic carbocycles. The molecule has 78 valence electrons. The van der Waals surface area contributed by atoms with Crippen LogP contribution in [0.15, 0.2) is 12.7 Å². The Morgan fingerprint density at radius 2 is 1.54 bits per heavy atom. The van der Waals surface area contributed by atoms with E-state index in [1.165, 1.54) is 6.92 Å². The minimum Gasteiger partial charge on any atom is -0.312 e. The number of rotatable bonds is 4. The molecular formula is C4H11NO6P2. The van der Waals surface area contributed by atoms with Gasteiger partial charge < -0.3 is 19.6 Å². The first-order chi connectivity index (χ1) is 5.60. The second kappa shape index (κ2) is 4.02. The van der Waals surface area contributed by atoms with E-state index < -0.39 is 21.5 Å². The molecule has 0 aromatic rings. The molecule has 7 nitrogen and oxygen atoms in total. The highest BCUT2D eigenvalue weighted by Crippen LogP contribution is 2.59. The summed E-state index contributed by atoms with van der Waals surface area (Å²) in [5.74, 6) is 0. The molecule has 0 spiro atoms. The summed E-state index contributed by atoms with van der Waals surface area (Å²) in [4.78, 5) is 34.4. The molecule has 0 amide bonds. The van der Waals surface area contributed by atoms with Crippen molar-refractivity contribution in [3.8, 4) is 0 Å². The zero-order chi connectivity index (χ0) is 10.9. The van der Waals surface area contributed by atoms with Crippen molar-refractivity contribution < 1.29 is 28.7 Å². The van der Waals surface area contributed by atoms with Gasteiger partial charge in [-0.25, -0.2) is 9.13 Å². The summed E-state index contributed by atoms with van der Waals surface area (Å²) in [5.41, 5.74) is 0. The maximum atomic E-state index is 10.7. The van der Waals surface area contributed by atoms with E-state index in [1.54, 1.807) is 0 Å². The lowest BCUT2D eigenvalue weighted by Gasteiger charge is -2.26. The topological polar surface area (TPSA) is 118 Å². The van der Waals surface area contributed by atoms with Crippen LogP contribution in [0.3, 0.4) is 0 Å². The van der Waals surface area contributed by atoms with E-state index >= 15 is 0 Å². The maximum Gasteiger partial charge on any atom is 0.413 e. The van der Waals surface area contributed by atoms with Crippen LogP contribution in [-0.4, -0.2) is 30.1 Å². The van der Waals surface area contributed by atoms with Crippen LogP contribution in [0, 0.1) is 0 Å². The Hall–Kier alpha value is -0.0000000000000000416. The van der Waals surface area contributed by atoms with Crippen molar-refractivity contribution in [2.45, 2.75) is 13.0 Å². The van der Waals surface area contributed by atoms with Crippen molar-refractivity contribution in [2.75, 3.05) is 0 Å². The fourth-order valence-electron chi connectivity index (χ4n) is 0.721. The van der Waals surface area contributed by atoms with Gasteiger partial charge in [0.2, 0.25) is 0 Å². The molecule has 0 rings (SSSR count). The third-order valence-electron chi connectivity index (χ3n) is 1.24. The second-order valence-electron chi connectivity index (χ2n) is 2.32. The van der Waals surface area contributed by atoms with Crippen LogP contribution in [0.2, 0.25) is 0 Å². The molecule has 13 heavy (non-hydrogen) atoms. The molecule has 0 radical (unpaired) electrons. The minimum absolute atomic E-state index is 0.188. The van der Waals surface area contributed by atoms with Gasteiger partial charge in [0.25, 0.3) is 0 Å². The lowest BCUT2D eigenvalue weighted by molar-refractivity contribution is 0.258. The van der Waals surface area contributed by atoms with Gasteiger partial charge in [0.05, 0.1) is 0 Å². The molecule has 0 fully saturated rings. The van der Waals surface area contributed by atoms with E-state index in [0.717, 1.165) is 6.08 Å². The summed E-state index contributed by atoms with van der Waals surface area (Å²) in [7, 11) is -9.94. The van der Waals surface area contributed by atoms with E-state index in [0.29, 0.717) is 0 Å². The third-order valence-corrected chi connectivity index (χ3v) is 4.43. The lowest BCUT2D eigenvalue weighted by atomic mass is 10.4. The highest BCUT2D eigenvalue weighted by molar-refractivity contribution is 7.65.